The molecule has 4 heteroatoms. The van der Waals surface area contributed by atoms with Crippen molar-refractivity contribution in [1.29, 1.82) is 0 Å². The molecule has 0 unspecified atom stereocenters. The molecule has 5 rings (SSSR count). The van der Waals surface area contributed by atoms with Crippen LogP contribution in [-0.2, 0) is 0 Å². The number of nitrogens with zero attached hydrogens (tertiary/aromatic N) is 4. The SMILES string of the molecule is Cc1nn2c3c(nnc2c1-c1ccccc1)C1=CC=CC=C(C=C3)C1. The lowest BCUT2D eigenvalue weighted by atomic mass is 10.0. The molecule has 2 aromatic heterocycles. The molecule has 25 heavy (non-hydrogen) atoms. The van der Waals surface area contributed by atoms with E-state index in [9.17, 15) is 0 Å². The molecule has 4 nitrogen and oxygen atoms in total. The quantitative estimate of drug-likeness (QED) is 0.666. The Morgan fingerprint density at radius 3 is 2.68 bits per heavy atom. The number of rotatable bonds is 1. The number of fused-ring (bicyclic) bond motifs is 6. The van der Waals surface area contributed by atoms with Gasteiger partial charge in [-0.05, 0) is 36.1 Å². The third kappa shape index (κ3) is 2.18. The second kappa shape index (κ2) is 5.38. The fourth-order valence-electron chi connectivity index (χ4n) is 3.50. The maximum absolute atomic E-state index is 4.78. The van der Waals surface area contributed by atoms with E-state index in [1.807, 2.05) is 29.6 Å². The van der Waals surface area contributed by atoms with E-state index in [-0.39, 0.29) is 0 Å². The van der Waals surface area contributed by atoms with E-state index in [0.29, 0.717) is 0 Å². The van der Waals surface area contributed by atoms with Crippen molar-refractivity contribution >= 4 is 17.3 Å². The summed E-state index contributed by atoms with van der Waals surface area (Å²) in [6.07, 6.45) is 13.5. The molecule has 0 N–H and O–H groups in total. The van der Waals surface area contributed by atoms with Gasteiger partial charge < -0.3 is 0 Å². The molecule has 0 spiro atoms. The zero-order chi connectivity index (χ0) is 16.8. The van der Waals surface area contributed by atoms with Crippen LogP contribution in [0.5, 0.6) is 0 Å². The van der Waals surface area contributed by atoms with Gasteiger partial charge in [0.15, 0.2) is 5.65 Å². The van der Waals surface area contributed by atoms with Gasteiger partial charge in [-0.1, -0.05) is 60.7 Å². The predicted octanol–water partition coefficient (Wildman–Crippen LogP) is 4.40. The Balaban J connectivity index is 1.82. The van der Waals surface area contributed by atoms with E-state index in [1.165, 1.54) is 11.1 Å². The van der Waals surface area contributed by atoms with Crippen molar-refractivity contribution in [3.8, 4) is 11.1 Å². The third-order valence-electron chi connectivity index (χ3n) is 4.69. The molecule has 1 aromatic carbocycles. The highest BCUT2D eigenvalue weighted by Gasteiger charge is 2.21. The molecule has 0 atom stereocenters. The van der Waals surface area contributed by atoms with E-state index in [2.05, 4.69) is 58.8 Å². The van der Waals surface area contributed by atoms with Gasteiger partial charge in [0.25, 0.3) is 0 Å². The summed E-state index contributed by atoms with van der Waals surface area (Å²) >= 11 is 0. The van der Waals surface area contributed by atoms with Crippen LogP contribution in [0.15, 0.2) is 66.3 Å². The first kappa shape index (κ1) is 14.1. The van der Waals surface area contributed by atoms with Crippen molar-refractivity contribution in [3.63, 3.8) is 0 Å². The average Bonchev–Trinajstić information content (AvgIpc) is 2.80. The second-order valence-corrected chi connectivity index (χ2v) is 6.32. The first-order chi connectivity index (χ1) is 12.3. The van der Waals surface area contributed by atoms with Gasteiger partial charge in [0, 0.05) is 0 Å². The summed E-state index contributed by atoms with van der Waals surface area (Å²) in [5.74, 6) is 0. The average molecular weight is 324 g/mol. The van der Waals surface area contributed by atoms with Gasteiger partial charge in [0.1, 0.15) is 5.69 Å². The van der Waals surface area contributed by atoms with Gasteiger partial charge in [-0.15, -0.1) is 10.2 Å². The summed E-state index contributed by atoms with van der Waals surface area (Å²) in [6.45, 7) is 2.03. The molecule has 0 amide bonds. The normalized spacial score (nSPS) is 15.4. The molecule has 0 saturated heterocycles. The minimum absolute atomic E-state index is 0.798. The van der Waals surface area contributed by atoms with Crippen LogP contribution in [0.25, 0.3) is 28.4 Å². The smallest absolute Gasteiger partial charge is 0.186 e. The number of hydrogen-bond acceptors (Lipinski definition) is 3. The second-order valence-electron chi connectivity index (χ2n) is 6.32. The fraction of sp³-hybridized carbons (Fsp3) is 0.0952. The summed E-state index contributed by atoms with van der Waals surface area (Å²) in [6, 6.07) is 10.3. The van der Waals surface area contributed by atoms with Crippen LogP contribution in [0.3, 0.4) is 0 Å². The first-order valence-electron chi connectivity index (χ1n) is 8.37. The summed E-state index contributed by atoms with van der Waals surface area (Å²) in [4.78, 5) is 0. The van der Waals surface area contributed by atoms with Crippen molar-refractivity contribution in [3.05, 3.63) is 83.4 Å². The standard InChI is InChI=1S/C21H16N4/c1-14-19(16-8-3-2-4-9-16)21-23-22-20-17-10-6-5-7-15(13-17)11-12-18(20)25(21)24-14/h2-12H,13H2,1H3. The van der Waals surface area contributed by atoms with Crippen LogP contribution in [0, 0.1) is 6.92 Å². The van der Waals surface area contributed by atoms with Crippen molar-refractivity contribution in [1.82, 2.24) is 19.8 Å². The van der Waals surface area contributed by atoms with Crippen LogP contribution in [0.1, 0.15) is 23.5 Å². The van der Waals surface area contributed by atoms with Crippen molar-refractivity contribution in [2.75, 3.05) is 0 Å². The highest BCUT2D eigenvalue weighted by molar-refractivity contribution is 5.83. The molecule has 2 aliphatic rings. The van der Waals surface area contributed by atoms with Crippen LogP contribution in [-0.4, -0.2) is 19.8 Å². The Labute approximate surface area is 145 Å². The monoisotopic (exact) mass is 324 g/mol. The fourth-order valence-corrected chi connectivity index (χ4v) is 3.50. The first-order valence-corrected chi connectivity index (χ1v) is 8.37. The van der Waals surface area contributed by atoms with Crippen LogP contribution >= 0.6 is 0 Å². The van der Waals surface area contributed by atoms with Gasteiger partial charge in [0.05, 0.1) is 17.0 Å². The van der Waals surface area contributed by atoms with Gasteiger partial charge in [0.2, 0.25) is 0 Å². The summed E-state index contributed by atoms with van der Waals surface area (Å²) in [7, 11) is 0. The largest absolute Gasteiger partial charge is 0.210 e. The van der Waals surface area contributed by atoms with Gasteiger partial charge in [-0.2, -0.15) is 5.10 Å². The van der Waals surface area contributed by atoms with E-state index < -0.39 is 0 Å². The van der Waals surface area contributed by atoms with Crippen LogP contribution < -0.4 is 0 Å². The zero-order valence-electron chi connectivity index (χ0n) is 13.8. The third-order valence-corrected chi connectivity index (χ3v) is 4.69. The van der Waals surface area contributed by atoms with E-state index in [0.717, 1.165) is 40.3 Å². The zero-order valence-corrected chi connectivity index (χ0v) is 13.8. The molecule has 2 bridgehead atoms. The predicted molar refractivity (Wildman–Crippen MR) is 99.8 cm³/mol. The highest BCUT2D eigenvalue weighted by Crippen LogP contribution is 2.33. The Morgan fingerprint density at radius 1 is 0.960 bits per heavy atom. The van der Waals surface area contributed by atoms with Gasteiger partial charge >= 0.3 is 0 Å². The number of hydrogen-bond donors (Lipinski definition) is 0. The molecule has 0 aliphatic heterocycles. The summed E-state index contributed by atoms with van der Waals surface area (Å²) in [5, 5.41) is 13.9. The molecular weight excluding hydrogens is 308 g/mol. The van der Waals surface area contributed by atoms with Crippen LogP contribution in [0.2, 0.25) is 0 Å². The Morgan fingerprint density at radius 2 is 1.80 bits per heavy atom. The Kier molecular flexibility index (Phi) is 3.04. The minimum Gasteiger partial charge on any atom is -0.210 e. The lowest BCUT2D eigenvalue weighted by molar-refractivity contribution is 0.855. The van der Waals surface area contributed by atoms with Crippen molar-refractivity contribution in [2.24, 2.45) is 0 Å². The molecular formula is C21H16N4. The lowest BCUT2D eigenvalue weighted by Crippen LogP contribution is -2.04. The molecule has 120 valence electrons. The highest BCUT2D eigenvalue weighted by atomic mass is 15.3. The number of aromatic nitrogens is 4. The molecule has 0 saturated carbocycles. The molecule has 2 heterocycles. The lowest BCUT2D eigenvalue weighted by Gasteiger charge is -2.07. The number of aryl methyl sites for hydroxylation is 1. The van der Waals surface area contributed by atoms with Crippen molar-refractivity contribution in [2.45, 2.75) is 13.3 Å². The molecule has 3 aromatic rings. The van der Waals surface area contributed by atoms with E-state index in [1.54, 1.807) is 0 Å². The number of benzene rings is 1. The maximum atomic E-state index is 4.78. The summed E-state index contributed by atoms with van der Waals surface area (Å²) in [5.41, 5.74) is 8.23. The Bertz CT molecular complexity index is 1110. The minimum atomic E-state index is 0.798. The maximum Gasteiger partial charge on any atom is 0.186 e. The summed E-state index contributed by atoms with van der Waals surface area (Å²) < 4.78 is 1.93. The Hall–Kier alpha value is -3.27. The number of allylic oxidation sites excluding steroid dienone is 7. The topological polar surface area (TPSA) is 43.1 Å². The van der Waals surface area contributed by atoms with Crippen LogP contribution in [0.4, 0.5) is 0 Å². The van der Waals surface area contributed by atoms with E-state index >= 15 is 0 Å². The molecule has 2 aliphatic carbocycles. The van der Waals surface area contributed by atoms with Gasteiger partial charge in [-0.25, -0.2) is 4.52 Å². The van der Waals surface area contributed by atoms with Crippen molar-refractivity contribution < 1.29 is 0 Å². The van der Waals surface area contributed by atoms with Gasteiger partial charge in [-0.3, -0.25) is 0 Å². The molecule has 0 radical (unpaired) electrons. The molecule has 0 fully saturated rings. The van der Waals surface area contributed by atoms with E-state index in [4.69, 9.17) is 5.10 Å².